The molecule has 0 radical (unpaired) electrons. The third-order valence-electron chi connectivity index (χ3n) is 5.95. The second-order valence-corrected chi connectivity index (χ2v) is 9.10. The van der Waals surface area contributed by atoms with Crippen LogP contribution in [0, 0.1) is 0 Å². The van der Waals surface area contributed by atoms with Crippen LogP contribution in [0.5, 0.6) is 0 Å². The maximum absolute atomic E-state index is 12.8. The second kappa shape index (κ2) is 10.2. The first-order valence-corrected chi connectivity index (χ1v) is 12.1. The Morgan fingerprint density at radius 2 is 1.87 bits per heavy atom. The van der Waals surface area contributed by atoms with Crippen LogP contribution in [0.15, 0.2) is 52.2 Å². The molecular weight excluding hydrogens is 408 g/mol. The lowest BCUT2D eigenvalue weighted by molar-refractivity contribution is -0.127. The van der Waals surface area contributed by atoms with Gasteiger partial charge in [0.15, 0.2) is 10.9 Å². The normalized spacial score (nSPS) is 14.6. The summed E-state index contributed by atoms with van der Waals surface area (Å²) < 4.78 is 7.80. The monoisotopic (exact) mass is 438 g/mol. The van der Waals surface area contributed by atoms with Gasteiger partial charge in [-0.15, -0.1) is 10.2 Å². The van der Waals surface area contributed by atoms with Crippen molar-refractivity contribution in [3.63, 3.8) is 0 Å². The predicted molar refractivity (Wildman–Crippen MR) is 123 cm³/mol. The number of nitrogens with zero attached hydrogens (tertiary/aromatic N) is 4. The van der Waals surface area contributed by atoms with Crippen LogP contribution in [0.25, 0.3) is 11.6 Å². The van der Waals surface area contributed by atoms with Crippen LogP contribution in [0.4, 0.5) is 0 Å². The number of hydrogen-bond donors (Lipinski definition) is 0. The Balaban J connectivity index is 1.44. The molecule has 0 aliphatic heterocycles. The number of rotatable bonds is 8. The maximum Gasteiger partial charge on any atom is 0.233 e. The van der Waals surface area contributed by atoms with E-state index >= 15 is 0 Å². The summed E-state index contributed by atoms with van der Waals surface area (Å²) >= 11 is 1.47. The van der Waals surface area contributed by atoms with Crippen molar-refractivity contribution in [2.24, 2.45) is 0 Å². The molecule has 31 heavy (non-hydrogen) atoms. The van der Waals surface area contributed by atoms with Crippen LogP contribution in [-0.4, -0.2) is 38.4 Å². The Morgan fingerprint density at radius 3 is 2.55 bits per heavy atom. The van der Waals surface area contributed by atoms with E-state index in [1.54, 1.807) is 11.2 Å². The summed E-state index contributed by atoms with van der Waals surface area (Å²) in [6.07, 6.45) is 8.61. The average molecular weight is 439 g/mol. The molecule has 1 aliphatic rings. The molecule has 7 heteroatoms. The Hall–Kier alpha value is -2.54. The van der Waals surface area contributed by atoms with Gasteiger partial charge in [-0.25, -0.2) is 0 Å². The summed E-state index contributed by atoms with van der Waals surface area (Å²) in [6.45, 7) is 2.75. The number of carbonyl (C=O) groups is 1. The van der Waals surface area contributed by atoms with Crippen molar-refractivity contribution < 1.29 is 9.21 Å². The third kappa shape index (κ3) is 5.21. The van der Waals surface area contributed by atoms with Crippen LogP contribution >= 0.6 is 11.8 Å². The minimum Gasteiger partial charge on any atom is -0.461 e. The van der Waals surface area contributed by atoms with Gasteiger partial charge < -0.3 is 9.32 Å². The molecule has 2 heterocycles. The Kier molecular flexibility index (Phi) is 7.12. The molecule has 3 aromatic rings. The lowest BCUT2D eigenvalue weighted by Gasteiger charge is -2.25. The molecule has 0 unspecified atom stereocenters. The highest BCUT2D eigenvalue weighted by atomic mass is 32.2. The molecule has 0 spiro atoms. The van der Waals surface area contributed by atoms with Gasteiger partial charge in [-0.1, -0.05) is 62.2 Å². The summed E-state index contributed by atoms with van der Waals surface area (Å²) in [5, 5.41) is 9.64. The van der Waals surface area contributed by atoms with Gasteiger partial charge in [0, 0.05) is 19.6 Å². The van der Waals surface area contributed by atoms with Gasteiger partial charge in [0.25, 0.3) is 0 Å². The van der Waals surface area contributed by atoms with E-state index in [0.717, 1.165) is 41.6 Å². The van der Waals surface area contributed by atoms with Gasteiger partial charge in [0.2, 0.25) is 11.7 Å². The second-order valence-electron chi connectivity index (χ2n) is 8.15. The van der Waals surface area contributed by atoms with E-state index < -0.39 is 0 Å². The third-order valence-corrected chi connectivity index (χ3v) is 6.88. The zero-order valence-electron chi connectivity index (χ0n) is 18.3. The molecule has 1 amide bonds. The number of aromatic nitrogens is 3. The van der Waals surface area contributed by atoms with Crippen molar-refractivity contribution in [1.82, 2.24) is 19.7 Å². The van der Waals surface area contributed by atoms with Crippen LogP contribution < -0.4 is 0 Å². The zero-order valence-corrected chi connectivity index (χ0v) is 19.1. The predicted octanol–water partition coefficient (Wildman–Crippen LogP) is 5.36. The Labute approximate surface area is 188 Å². The Bertz CT molecular complexity index is 976. The number of hydrogen-bond acceptors (Lipinski definition) is 5. The summed E-state index contributed by atoms with van der Waals surface area (Å²) in [7, 11) is 1.86. The molecule has 1 aromatic carbocycles. The molecule has 1 saturated carbocycles. The summed E-state index contributed by atoms with van der Waals surface area (Å²) in [5.74, 6) is 1.91. The first-order chi connectivity index (χ1) is 15.2. The maximum atomic E-state index is 12.8. The number of thioether (sulfide) groups is 1. The number of benzene rings is 1. The number of carbonyl (C=O) groups excluding carboxylic acids is 1. The average Bonchev–Trinajstić information content (AvgIpc) is 3.48. The molecule has 164 valence electrons. The van der Waals surface area contributed by atoms with Gasteiger partial charge in [-0.05, 0) is 42.5 Å². The van der Waals surface area contributed by atoms with Crippen molar-refractivity contribution >= 4 is 17.7 Å². The summed E-state index contributed by atoms with van der Waals surface area (Å²) in [6, 6.07) is 12.6. The summed E-state index contributed by atoms with van der Waals surface area (Å²) in [4.78, 5) is 14.6. The lowest BCUT2D eigenvalue weighted by Crippen LogP contribution is -2.28. The van der Waals surface area contributed by atoms with Crippen molar-refractivity contribution in [2.75, 3.05) is 12.8 Å². The summed E-state index contributed by atoms with van der Waals surface area (Å²) in [5.41, 5.74) is 2.45. The smallest absolute Gasteiger partial charge is 0.233 e. The molecule has 0 saturated heterocycles. The molecule has 4 rings (SSSR count). The SMILES string of the molecule is CCc1ccc(CN(C)C(=O)CSc2nnc(-c3ccco3)n2C2CCCCC2)cc1. The highest BCUT2D eigenvalue weighted by Gasteiger charge is 2.25. The molecule has 1 aliphatic carbocycles. The van der Waals surface area contributed by atoms with E-state index in [-0.39, 0.29) is 5.91 Å². The molecule has 1 fully saturated rings. The molecular formula is C24H30N4O2S. The van der Waals surface area contributed by atoms with E-state index in [4.69, 9.17) is 4.42 Å². The van der Waals surface area contributed by atoms with Crippen LogP contribution in [-0.2, 0) is 17.8 Å². The topological polar surface area (TPSA) is 64.2 Å². The molecule has 6 nitrogen and oxygen atoms in total. The number of furan rings is 1. The van der Waals surface area contributed by atoms with E-state index in [1.165, 1.54) is 36.6 Å². The fraction of sp³-hybridized carbons (Fsp3) is 0.458. The van der Waals surface area contributed by atoms with Gasteiger partial charge >= 0.3 is 0 Å². The number of amides is 1. The fourth-order valence-electron chi connectivity index (χ4n) is 4.10. The minimum atomic E-state index is 0.0855. The van der Waals surface area contributed by atoms with Crippen LogP contribution in [0.1, 0.15) is 56.2 Å². The van der Waals surface area contributed by atoms with Crippen molar-refractivity contribution in [1.29, 1.82) is 0 Å². The first kappa shape index (κ1) is 21.7. The lowest BCUT2D eigenvalue weighted by atomic mass is 9.95. The quantitative estimate of drug-likeness (QED) is 0.443. The number of aryl methyl sites for hydroxylation is 1. The van der Waals surface area contributed by atoms with Gasteiger partial charge in [0.05, 0.1) is 12.0 Å². The van der Waals surface area contributed by atoms with E-state index in [9.17, 15) is 4.79 Å². The fourth-order valence-corrected chi connectivity index (χ4v) is 5.04. The van der Waals surface area contributed by atoms with Gasteiger partial charge in [-0.2, -0.15) is 0 Å². The van der Waals surface area contributed by atoms with Crippen molar-refractivity contribution in [3.05, 3.63) is 53.8 Å². The zero-order chi connectivity index (χ0) is 21.6. The minimum absolute atomic E-state index is 0.0855. The van der Waals surface area contributed by atoms with E-state index in [2.05, 4.69) is 46.0 Å². The molecule has 2 aromatic heterocycles. The van der Waals surface area contributed by atoms with Gasteiger partial charge in [-0.3, -0.25) is 9.36 Å². The van der Waals surface area contributed by atoms with Crippen molar-refractivity contribution in [3.8, 4) is 11.6 Å². The van der Waals surface area contributed by atoms with Gasteiger partial charge in [0.1, 0.15) is 0 Å². The van der Waals surface area contributed by atoms with Crippen LogP contribution in [0.2, 0.25) is 0 Å². The highest BCUT2D eigenvalue weighted by molar-refractivity contribution is 7.99. The standard InChI is InChI=1S/C24H30N4O2S/c1-3-18-11-13-19(14-12-18)16-27(2)22(29)17-31-24-26-25-23(21-10-7-15-30-21)28(24)20-8-5-4-6-9-20/h7,10-15,20H,3-6,8-9,16-17H2,1-2H3. The van der Waals surface area contributed by atoms with E-state index in [1.807, 2.05) is 19.2 Å². The molecule has 0 atom stereocenters. The largest absolute Gasteiger partial charge is 0.461 e. The highest BCUT2D eigenvalue weighted by Crippen LogP contribution is 2.35. The molecule has 0 bridgehead atoms. The Morgan fingerprint density at radius 1 is 1.13 bits per heavy atom. The van der Waals surface area contributed by atoms with Crippen LogP contribution in [0.3, 0.4) is 0 Å². The first-order valence-electron chi connectivity index (χ1n) is 11.1. The van der Waals surface area contributed by atoms with E-state index in [0.29, 0.717) is 18.3 Å². The van der Waals surface area contributed by atoms with Crippen molar-refractivity contribution in [2.45, 2.75) is 63.2 Å². The molecule has 0 N–H and O–H groups in total.